The number of pyridine rings is 1. The minimum absolute atomic E-state index is 0.230. The summed E-state index contributed by atoms with van der Waals surface area (Å²) in [6.07, 6.45) is 5.93. The van der Waals surface area contributed by atoms with E-state index in [-0.39, 0.29) is 11.8 Å². The van der Waals surface area contributed by atoms with Crippen molar-refractivity contribution in [2.24, 2.45) is 11.3 Å². The fraction of sp³-hybridized carbons (Fsp3) is 0.500. The number of piperidine rings is 1. The van der Waals surface area contributed by atoms with Crippen molar-refractivity contribution in [2.75, 3.05) is 26.2 Å². The van der Waals surface area contributed by atoms with E-state index in [4.69, 9.17) is 4.74 Å². The number of ether oxygens (including phenoxy) is 1. The summed E-state index contributed by atoms with van der Waals surface area (Å²) in [4.78, 5) is 16.7. The highest BCUT2D eigenvalue weighted by atomic mass is 16.5. The highest BCUT2D eigenvalue weighted by Gasteiger charge is 2.57. The number of amides is 1. The van der Waals surface area contributed by atoms with E-state index in [1.54, 1.807) is 6.20 Å². The number of aromatic nitrogens is 1. The van der Waals surface area contributed by atoms with Crippen molar-refractivity contribution in [3.8, 4) is 5.75 Å². The molecule has 2 heterocycles. The molecule has 1 unspecified atom stereocenters. The zero-order chi connectivity index (χ0) is 17.1. The largest absolute Gasteiger partial charge is 0.491 e. The molecule has 1 aliphatic carbocycles. The highest BCUT2D eigenvalue weighted by molar-refractivity contribution is 5.84. The van der Waals surface area contributed by atoms with Crippen LogP contribution >= 0.6 is 0 Å². The van der Waals surface area contributed by atoms with Gasteiger partial charge in [-0.1, -0.05) is 18.2 Å². The minimum atomic E-state index is 0.230. The Labute approximate surface area is 148 Å². The lowest BCUT2D eigenvalue weighted by Crippen LogP contribution is -2.34. The Balaban J connectivity index is 1.20. The molecule has 1 aromatic carbocycles. The summed E-state index contributed by atoms with van der Waals surface area (Å²) in [7, 11) is 0. The van der Waals surface area contributed by atoms with Crippen LogP contribution in [0.25, 0.3) is 10.9 Å². The highest BCUT2D eigenvalue weighted by Crippen LogP contribution is 2.58. The van der Waals surface area contributed by atoms with Crippen LogP contribution in [0.2, 0.25) is 0 Å². The standard InChI is InChI=1S/C20H25N3O2/c24-19(16-14-20(16)7-11-21-12-8-20)23-10-3-13-25-17-6-1-4-15-5-2-9-22-18(15)17/h1-2,4-6,9,16,21H,3,7-8,10-14H2,(H,23,24). The molecule has 2 aliphatic rings. The Morgan fingerprint density at radius 2 is 2.12 bits per heavy atom. The van der Waals surface area contributed by atoms with Gasteiger partial charge in [0.15, 0.2) is 0 Å². The normalized spacial score (nSPS) is 21.2. The molecule has 1 saturated carbocycles. The molecule has 2 aromatic rings. The number of hydrogen-bond donors (Lipinski definition) is 2. The summed E-state index contributed by atoms with van der Waals surface area (Å²) >= 11 is 0. The Morgan fingerprint density at radius 3 is 3.00 bits per heavy atom. The number of rotatable bonds is 6. The summed E-state index contributed by atoms with van der Waals surface area (Å²) in [6.45, 7) is 3.35. The van der Waals surface area contributed by atoms with Crippen LogP contribution in [0.3, 0.4) is 0 Å². The first-order chi connectivity index (χ1) is 12.3. The van der Waals surface area contributed by atoms with Crippen molar-refractivity contribution in [1.82, 2.24) is 15.6 Å². The fourth-order valence-electron chi connectivity index (χ4n) is 3.98. The number of fused-ring (bicyclic) bond motifs is 1. The lowest BCUT2D eigenvalue weighted by Gasteiger charge is -2.23. The van der Waals surface area contributed by atoms with Gasteiger partial charge in [0, 0.05) is 24.0 Å². The number of carbonyl (C=O) groups excluding carboxylic acids is 1. The monoisotopic (exact) mass is 339 g/mol. The van der Waals surface area contributed by atoms with Gasteiger partial charge < -0.3 is 15.4 Å². The summed E-state index contributed by atoms with van der Waals surface area (Å²) in [5.74, 6) is 1.27. The third kappa shape index (κ3) is 3.47. The van der Waals surface area contributed by atoms with Gasteiger partial charge in [-0.15, -0.1) is 0 Å². The van der Waals surface area contributed by atoms with Crippen molar-refractivity contribution in [3.05, 3.63) is 36.5 Å². The Bertz CT molecular complexity index is 750. The quantitative estimate of drug-likeness (QED) is 0.794. The molecule has 25 heavy (non-hydrogen) atoms. The lowest BCUT2D eigenvalue weighted by molar-refractivity contribution is -0.123. The van der Waals surface area contributed by atoms with E-state index < -0.39 is 0 Å². The number of carbonyl (C=O) groups is 1. The number of benzene rings is 1. The molecular weight excluding hydrogens is 314 g/mol. The van der Waals surface area contributed by atoms with E-state index in [0.29, 0.717) is 18.6 Å². The van der Waals surface area contributed by atoms with Crippen LogP contribution in [0.1, 0.15) is 25.7 Å². The second-order valence-electron chi connectivity index (χ2n) is 7.19. The molecule has 1 aliphatic heterocycles. The van der Waals surface area contributed by atoms with Gasteiger partial charge in [-0.2, -0.15) is 0 Å². The molecular formula is C20H25N3O2. The first kappa shape index (κ1) is 16.3. The second kappa shape index (κ2) is 7.00. The van der Waals surface area contributed by atoms with E-state index in [9.17, 15) is 4.79 Å². The molecule has 1 amide bonds. The third-order valence-electron chi connectivity index (χ3n) is 5.58. The van der Waals surface area contributed by atoms with Gasteiger partial charge in [0.25, 0.3) is 0 Å². The Kier molecular flexibility index (Phi) is 4.57. The van der Waals surface area contributed by atoms with Gasteiger partial charge in [0.05, 0.1) is 6.61 Å². The van der Waals surface area contributed by atoms with Crippen molar-refractivity contribution in [3.63, 3.8) is 0 Å². The van der Waals surface area contributed by atoms with E-state index in [1.165, 1.54) is 0 Å². The Morgan fingerprint density at radius 1 is 1.28 bits per heavy atom. The van der Waals surface area contributed by atoms with Crippen LogP contribution in [0, 0.1) is 11.3 Å². The van der Waals surface area contributed by atoms with E-state index in [1.807, 2.05) is 30.3 Å². The maximum atomic E-state index is 12.3. The maximum Gasteiger partial charge on any atom is 0.223 e. The van der Waals surface area contributed by atoms with Gasteiger partial charge in [-0.3, -0.25) is 9.78 Å². The third-order valence-corrected chi connectivity index (χ3v) is 5.58. The number of hydrogen-bond acceptors (Lipinski definition) is 4. The molecule has 2 fully saturated rings. The van der Waals surface area contributed by atoms with Gasteiger partial charge in [0.1, 0.15) is 11.3 Å². The topological polar surface area (TPSA) is 63.2 Å². The van der Waals surface area contributed by atoms with Crippen molar-refractivity contribution >= 4 is 16.8 Å². The average molecular weight is 339 g/mol. The molecule has 0 bridgehead atoms. The maximum absolute atomic E-state index is 12.3. The average Bonchev–Trinajstić information content (AvgIpc) is 3.35. The SMILES string of the molecule is O=C(NCCCOc1cccc2cccnc12)C1CC12CCNCC2. The Hall–Kier alpha value is -2.14. The van der Waals surface area contributed by atoms with Crippen LogP contribution in [-0.2, 0) is 4.79 Å². The van der Waals surface area contributed by atoms with Gasteiger partial charge >= 0.3 is 0 Å². The summed E-state index contributed by atoms with van der Waals surface area (Å²) in [6, 6.07) is 9.91. The predicted octanol–water partition coefficient (Wildman–Crippen LogP) is 2.51. The molecule has 4 rings (SSSR count). The summed E-state index contributed by atoms with van der Waals surface area (Å²) < 4.78 is 5.86. The second-order valence-corrected chi connectivity index (χ2v) is 7.19. The van der Waals surface area contributed by atoms with Crippen molar-refractivity contribution in [2.45, 2.75) is 25.7 Å². The van der Waals surface area contributed by atoms with Crippen LogP contribution < -0.4 is 15.4 Å². The molecule has 5 nitrogen and oxygen atoms in total. The van der Waals surface area contributed by atoms with Crippen LogP contribution in [0.5, 0.6) is 5.75 Å². The first-order valence-corrected chi connectivity index (χ1v) is 9.24. The van der Waals surface area contributed by atoms with Crippen LogP contribution in [-0.4, -0.2) is 37.1 Å². The number of para-hydroxylation sites is 1. The minimum Gasteiger partial charge on any atom is -0.491 e. The van der Waals surface area contributed by atoms with Crippen LogP contribution in [0.15, 0.2) is 36.5 Å². The smallest absolute Gasteiger partial charge is 0.223 e. The van der Waals surface area contributed by atoms with Crippen molar-refractivity contribution in [1.29, 1.82) is 0 Å². The molecule has 1 atom stereocenters. The summed E-state index contributed by atoms with van der Waals surface area (Å²) in [5, 5.41) is 7.54. The van der Waals surface area contributed by atoms with Gasteiger partial charge in [-0.25, -0.2) is 0 Å². The van der Waals surface area contributed by atoms with Crippen molar-refractivity contribution < 1.29 is 9.53 Å². The van der Waals surface area contributed by atoms with Gasteiger partial charge in [-0.05, 0) is 56.3 Å². The zero-order valence-corrected chi connectivity index (χ0v) is 14.5. The lowest BCUT2D eigenvalue weighted by atomic mass is 9.92. The zero-order valence-electron chi connectivity index (χ0n) is 14.5. The van der Waals surface area contributed by atoms with E-state index >= 15 is 0 Å². The molecule has 0 radical (unpaired) electrons. The van der Waals surface area contributed by atoms with E-state index in [2.05, 4.69) is 15.6 Å². The van der Waals surface area contributed by atoms with Crippen LogP contribution in [0.4, 0.5) is 0 Å². The fourth-order valence-corrected chi connectivity index (χ4v) is 3.98. The molecule has 132 valence electrons. The first-order valence-electron chi connectivity index (χ1n) is 9.24. The predicted molar refractivity (Wildman–Crippen MR) is 97.5 cm³/mol. The molecule has 5 heteroatoms. The number of nitrogens with one attached hydrogen (secondary N) is 2. The van der Waals surface area contributed by atoms with Gasteiger partial charge in [0.2, 0.25) is 5.91 Å². The molecule has 1 saturated heterocycles. The summed E-state index contributed by atoms with van der Waals surface area (Å²) in [5.41, 5.74) is 1.19. The molecule has 2 N–H and O–H groups in total. The molecule has 1 aromatic heterocycles. The van der Waals surface area contributed by atoms with E-state index in [0.717, 1.165) is 55.4 Å². The number of nitrogens with zero attached hydrogens (tertiary/aromatic N) is 1. The molecule has 1 spiro atoms.